The van der Waals surface area contributed by atoms with Crippen LogP contribution in [-0.2, 0) is 0 Å². The Labute approximate surface area is 137 Å². The molecule has 3 aromatic rings. The molecule has 0 aromatic carbocycles. The first-order chi connectivity index (χ1) is 11.4. The van der Waals surface area contributed by atoms with Gasteiger partial charge in [0.05, 0.1) is 6.26 Å². The number of carbonyl (C=O) groups is 2. The molecule has 0 fully saturated rings. The Hall–Kier alpha value is -3.03. The van der Waals surface area contributed by atoms with E-state index >= 15 is 0 Å². The maximum atomic E-state index is 12.3. The van der Waals surface area contributed by atoms with Crippen molar-refractivity contribution in [3.63, 3.8) is 0 Å². The lowest BCUT2D eigenvalue weighted by molar-refractivity contribution is 0.0901. The molecule has 0 unspecified atom stereocenters. The normalized spacial score (nSPS) is 12.3. The van der Waals surface area contributed by atoms with Crippen molar-refractivity contribution in [1.82, 2.24) is 24.9 Å². The van der Waals surface area contributed by atoms with E-state index in [1.807, 2.05) is 19.9 Å². The molecule has 8 heteroatoms. The molecular weight excluding hydrogens is 310 g/mol. The van der Waals surface area contributed by atoms with Crippen molar-refractivity contribution in [2.75, 3.05) is 0 Å². The van der Waals surface area contributed by atoms with Crippen molar-refractivity contribution in [2.24, 2.45) is 0 Å². The highest BCUT2D eigenvalue weighted by molar-refractivity contribution is 5.95. The molecule has 1 atom stereocenters. The lowest BCUT2D eigenvalue weighted by Crippen LogP contribution is -2.34. The van der Waals surface area contributed by atoms with Gasteiger partial charge in [0.25, 0.3) is 11.7 Å². The molecule has 3 rings (SSSR count). The second-order valence-electron chi connectivity index (χ2n) is 5.67. The molecule has 1 amide bonds. The average Bonchev–Trinajstić information content (AvgIpc) is 3.16. The van der Waals surface area contributed by atoms with Gasteiger partial charge in [0.15, 0.2) is 11.5 Å². The molecule has 3 heterocycles. The monoisotopic (exact) mass is 327 g/mol. The Kier molecular flexibility index (Phi) is 4.11. The first-order valence-corrected chi connectivity index (χ1v) is 7.52. The van der Waals surface area contributed by atoms with Crippen LogP contribution in [0.25, 0.3) is 5.78 Å². The maximum Gasteiger partial charge on any atom is 0.291 e. The molecule has 0 spiro atoms. The second kappa shape index (κ2) is 6.23. The van der Waals surface area contributed by atoms with Crippen LogP contribution in [-0.4, -0.2) is 37.3 Å². The molecule has 0 aliphatic rings. The number of nitrogens with one attached hydrogen (secondary N) is 1. The third-order valence-electron chi connectivity index (χ3n) is 3.49. The number of Topliss-reactive ketones (excluding diaryl/α,β-unsaturated/α-hetero) is 1. The van der Waals surface area contributed by atoms with Crippen LogP contribution in [0.5, 0.6) is 0 Å². The summed E-state index contributed by atoms with van der Waals surface area (Å²) in [6.45, 7) is 5.45. The van der Waals surface area contributed by atoms with Crippen LogP contribution in [0.1, 0.15) is 45.9 Å². The van der Waals surface area contributed by atoms with Gasteiger partial charge in [0, 0.05) is 23.9 Å². The predicted molar refractivity (Wildman–Crippen MR) is 84.8 cm³/mol. The number of nitrogens with zero attached hydrogens (tertiary/aromatic N) is 4. The molecular formula is C16H17N5O3. The van der Waals surface area contributed by atoms with Crippen LogP contribution < -0.4 is 5.32 Å². The van der Waals surface area contributed by atoms with Crippen LogP contribution >= 0.6 is 0 Å². The predicted octanol–water partition coefficient (Wildman–Crippen LogP) is 1.73. The first kappa shape index (κ1) is 15.9. The maximum absolute atomic E-state index is 12.3. The number of amides is 1. The zero-order valence-electron chi connectivity index (χ0n) is 13.6. The number of aryl methyl sites for hydroxylation is 2. The van der Waals surface area contributed by atoms with Crippen molar-refractivity contribution in [2.45, 2.75) is 33.2 Å². The second-order valence-corrected chi connectivity index (χ2v) is 5.67. The number of fused-ring (bicyclic) bond motifs is 1. The Morgan fingerprint density at radius 1 is 1.33 bits per heavy atom. The third-order valence-corrected chi connectivity index (χ3v) is 3.49. The molecule has 124 valence electrons. The Morgan fingerprint density at radius 3 is 2.83 bits per heavy atom. The Balaban J connectivity index is 1.70. The van der Waals surface area contributed by atoms with Gasteiger partial charge >= 0.3 is 0 Å². The summed E-state index contributed by atoms with van der Waals surface area (Å²) >= 11 is 0. The zero-order chi connectivity index (χ0) is 17.3. The van der Waals surface area contributed by atoms with Gasteiger partial charge in [-0.05, 0) is 39.0 Å². The molecule has 0 saturated heterocycles. The minimum Gasteiger partial charge on any atom is -0.461 e. The summed E-state index contributed by atoms with van der Waals surface area (Å²) in [7, 11) is 0. The number of aromatic nitrogens is 4. The third kappa shape index (κ3) is 3.17. The van der Waals surface area contributed by atoms with Crippen LogP contribution in [0, 0.1) is 13.8 Å². The highest BCUT2D eigenvalue weighted by Gasteiger charge is 2.19. The molecule has 3 aromatic heterocycles. The topological polar surface area (TPSA) is 102 Å². The summed E-state index contributed by atoms with van der Waals surface area (Å²) in [4.78, 5) is 32.6. The van der Waals surface area contributed by atoms with Crippen molar-refractivity contribution in [3.8, 4) is 0 Å². The van der Waals surface area contributed by atoms with E-state index in [0.717, 1.165) is 11.4 Å². The Bertz CT molecular complexity index is 898. The fourth-order valence-electron chi connectivity index (χ4n) is 2.42. The number of hydrogen-bond donors (Lipinski definition) is 1. The first-order valence-electron chi connectivity index (χ1n) is 7.52. The average molecular weight is 327 g/mol. The van der Waals surface area contributed by atoms with Gasteiger partial charge < -0.3 is 9.73 Å². The minimum absolute atomic E-state index is 0.0218. The zero-order valence-corrected chi connectivity index (χ0v) is 13.6. The lowest BCUT2D eigenvalue weighted by Gasteiger charge is -2.10. The van der Waals surface area contributed by atoms with Crippen LogP contribution in [0.4, 0.5) is 0 Å². The lowest BCUT2D eigenvalue weighted by atomic mass is 10.1. The highest BCUT2D eigenvalue weighted by Crippen LogP contribution is 2.08. The number of ketones is 1. The van der Waals surface area contributed by atoms with E-state index < -0.39 is 5.91 Å². The molecule has 0 radical (unpaired) electrons. The molecule has 0 saturated carbocycles. The van der Waals surface area contributed by atoms with Crippen molar-refractivity contribution in [3.05, 3.63) is 47.4 Å². The largest absolute Gasteiger partial charge is 0.461 e. The number of rotatable bonds is 5. The minimum atomic E-state index is -0.447. The Morgan fingerprint density at radius 2 is 2.12 bits per heavy atom. The van der Waals surface area contributed by atoms with Crippen LogP contribution in [0.15, 0.2) is 28.9 Å². The van der Waals surface area contributed by atoms with Gasteiger partial charge in [0.2, 0.25) is 5.82 Å². The van der Waals surface area contributed by atoms with Crippen LogP contribution in [0.2, 0.25) is 0 Å². The van der Waals surface area contributed by atoms with Gasteiger partial charge in [-0.3, -0.25) is 9.59 Å². The van der Waals surface area contributed by atoms with E-state index in [0.29, 0.717) is 5.78 Å². The van der Waals surface area contributed by atoms with Crippen LogP contribution in [0.3, 0.4) is 0 Å². The number of carbonyl (C=O) groups excluding carboxylic acids is 2. The van der Waals surface area contributed by atoms with E-state index in [2.05, 4.69) is 20.4 Å². The smallest absolute Gasteiger partial charge is 0.291 e. The molecule has 0 bridgehead atoms. The fourth-order valence-corrected chi connectivity index (χ4v) is 2.42. The van der Waals surface area contributed by atoms with Crippen molar-refractivity contribution in [1.29, 1.82) is 0 Å². The summed E-state index contributed by atoms with van der Waals surface area (Å²) < 4.78 is 6.57. The van der Waals surface area contributed by atoms with Gasteiger partial charge in [-0.25, -0.2) is 9.50 Å². The standard InChI is InChI=1S/C16H17N5O3/c1-9-7-11(3)21-16(18-9)19-14(20-21)15(23)17-10(2)8-12(22)13-5-4-6-24-13/h4-7,10H,8H2,1-3H3,(H,17,23)/t10-/m1/s1. The van der Waals surface area contributed by atoms with Gasteiger partial charge in [-0.1, -0.05) is 0 Å². The van der Waals surface area contributed by atoms with Gasteiger partial charge in [0.1, 0.15) is 0 Å². The SMILES string of the molecule is Cc1cc(C)n2nc(C(=O)N[C@H](C)CC(=O)c3ccco3)nc2n1. The van der Waals surface area contributed by atoms with E-state index in [9.17, 15) is 9.59 Å². The summed E-state index contributed by atoms with van der Waals surface area (Å²) in [5, 5.41) is 6.88. The molecule has 0 aliphatic carbocycles. The van der Waals surface area contributed by atoms with Crippen molar-refractivity contribution < 1.29 is 14.0 Å². The summed E-state index contributed by atoms with van der Waals surface area (Å²) in [5.41, 5.74) is 1.64. The van der Waals surface area contributed by atoms with E-state index in [-0.39, 0.29) is 29.8 Å². The highest BCUT2D eigenvalue weighted by atomic mass is 16.3. The summed E-state index contributed by atoms with van der Waals surface area (Å²) in [6.07, 6.45) is 1.57. The van der Waals surface area contributed by atoms with Gasteiger partial charge in [-0.2, -0.15) is 4.98 Å². The van der Waals surface area contributed by atoms with E-state index in [4.69, 9.17) is 4.42 Å². The molecule has 1 N–H and O–H groups in total. The summed E-state index contributed by atoms with van der Waals surface area (Å²) in [6, 6.07) is 4.72. The molecule has 8 nitrogen and oxygen atoms in total. The quantitative estimate of drug-likeness (QED) is 0.716. The van der Waals surface area contributed by atoms with Gasteiger partial charge in [-0.15, -0.1) is 5.10 Å². The van der Waals surface area contributed by atoms with E-state index in [1.165, 1.54) is 10.8 Å². The molecule has 24 heavy (non-hydrogen) atoms. The van der Waals surface area contributed by atoms with Crippen molar-refractivity contribution >= 4 is 17.5 Å². The number of hydrogen-bond acceptors (Lipinski definition) is 6. The summed E-state index contributed by atoms with van der Waals surface area (Å²) in [5.74, 6) is 0.0453. The fraction of sp³-hybridized carbons (Fsp3) is 0.312. The number of furan rings is 1. The van der Waals surface area contributed by atoms with E-state index in [1.54, 1.807) is 19.1 Å². The molecule has 0 aliphatic heterocycles.